The molecule has 2 aromatic rings. The van der Waals surface area contributed by atoms with Gasteiger partial charge in [0, 0.05) is 0 Å². The number of nitrogens with one attached hydrogen (secondary N) is 1. The molecular weight excluding hydrogens is 214 g/mol. The average Bonchev–Trinajstić information content (AvgIpc) is 2.34. The standard InChI is InChI=1S/C13H15N3O/c1-9-8-12(13(17)16-15-9)11-4-2-10(3-5-11)6-7-14/h2-5,8H,6-7,14H2,1H3,(H,16,17). The maximum absolute atomic E-state index is 11.6. The van der Waals surface area contributed by atoms with Gasteiger partial charge in [-0.2, -0.15) is 5.10 Å². The number of hydrogen-bond acceptors (Lipinski definition) is 3. The summed E-state index contributed by atoms with van der Waals surface area (Å²) in [5.41, 5.74) is 8.85. The van der Waals surface area contributed by atoms with E-state index < -0.39 is 0 Å². The molecule has 1 aromatic heterocycles. The quantitative estimate of drug-likeness (QED) is 0.832. The van der Waals surface area contributed by atoms with Crippen molar-refractivity contribution in [1.29, 1.82) is 0 Å². The Morgan fingerprint density at radius 2 is 2.00 bits per heavy atom. The molecule has 3 N–H and O–H groups in total. The minimum atomic E-state index is -0.165. The fraction of sp³-hybridized carbons (Fsp3) is 0.231. The Morgan fingerprint density at radius 3 is 2.65 bits per heavy atom. The molecule has 1 heterocycles. The van der Waals surface area contributed by atoms with Gasteiger partial charge in [0.05, 0.1) is 11.3 Å². The van der Waals surface area contributed by atoms with Gasteiger partial charge in [0.2, 0.25) is 0 Å². The van der Waals surface area contributed by atoms with Crippen molar-refractivity contribution in [3.63, 3.8) is 0 Å². The van der Waals surface area contributed by atoms with E-state index in [2.05, 4.69) is 10.2 Å². The van der Waals surface area contributed by atoms with E-state index in [1.54, 1.807) is 6.07 Å². The van der Waals surface area contributed by atoms with E-state index in [9.17, 15) is 4.79 Å². The van der Waals surface area contributed by atoms with Gasteiger partial charge in [0.1, 0.15) is 0 Å². The average molecular weight is 229 g/mol. The van der Waals surface area contributed by atoms with E-state index in [0.717, 1.165) is 17.7 Å². The topological polar surface area (TPSA) is 71.8 Å². The van der Waals surface area contributed by atoms with Crippen LogP contribution in [0, 0.1) is 6.92 Å². The summed E-state index contributed by atoms with van der Waals surface area (Å²) < 4.78 is 0. The van der Waals surface area contributed by atoms with Gasteiger partial charge in [0.25, 0.3) is 5.56 Å². The van der Waals surface area contributed by atoms with Crippen LogP contribution in [0.3, 0.4) is 0 Å². The molecule has 88 valence electrons. The Bertz CT molecular complexity index is 558. The highest BCUT2D eigenvalue weighted by atomic mass is 16.1. The lowest BCUT2D eigenvalue weighted by Crippen LogP contribution is -2.11. The fourth-order valence-corrected chi connectivity index (χ4v) is 1.74. The van der Waals surface area contributed by atoms with E-state index in [0.29, 0.717) is 12.1 Å². The second-order valence-electron chi connectivity index (χ2n) is 3.99. The van der Waals surface area contributed by atoms with Gasteiger partial charge in [-0.3, -0.25) is 4.79 Å². The number of aromatic nitrogens is 2. The van der Waals surface area contributed by atoms with Crippen LogP contribution in [-0.4, -0.2) is 16.7 Å². The van der Waals surface area contributed by atoms with Gasteiger partial charge in [-0.1, -0.05) is 24.3 Å². The van der Waals surface area contributed by atoms with Crippen LogP contribution in [0.5, 0.6) is 0 Å². The van der Waals surface area contributed by atoms with Crippen LogP contribution in [0.4, 0.5) is 0 Å². The number of H-pyrrole nitrogens is 1. The predicted molar refractivity (Wildman–Crippen MR) is 67.8 cm³/mol. The van der Waals surface area contributed by atoms with Crippen molar-refractivity contribution < 1.29 is 0 Å². The zero-order chi connectivity index (χ0) is 12.3. The van der Waals surface area contributed by atoms with Crippen molar-refractivity contribution >= 4 is 0 Å². The first kappa shape index (κ1) is 11.5. The summed E-state index contributed by atoms with van der Waals surface area (Å²) in [4.78, 5) is 11.6. The molecule has 0 atom stereocenters. The second-order valence-corrected chi connectivity index (χ2v) is 3.99. The van der Waals surface area contributed by atoms with Gasteiger partial charge >= 0.3 is 0 Å². The van der Waals surface area contributed by atoms with Crippen molar-refractivity contribution in [3.05, 3.63) is 51.9 Å². The van der Waals surface area contributed by atoms with Gasteiger partial charge in [0.15, 0.2) is 0 Å². The number of benzene rings is 1. The van der Waals surface area contributed by atoms with Crippen molar-refractivity contribution in [2.45, 2.75) is 13.3 Å². The lowest BCUT2D eigenvalue weighted by Gasteiger charge is -2.03. The monoisotopic (exact) mass is 229 g/mol. The smallest absolute Gasteiger partial charge is 0.272 e. The lowest BCUT2D eigenvalue weighted by atomic mass is 10.0. The molecule has 17 heavy (non-hydrogen) atoms. The molecule has 0 unspecified atom stereocenters. The minimum absolute atomic E-state index is 0.165. The minimum Gasteiger partial charge on any atom is -0.330 e. The molecule has 0 aliphatic rings. The Balaban J connectivity index is 2.39. The maximum Gasteiger partial charge on any atom is 0.272 e. The van der Waals surface area contributed by atoms with Crippen molar-refractivity contribution in [2.24, 2.45) is 5.73 Å². The normalized spacial score (nSPS) is 10.5. The van der Waals surface area contributed by atoms with E-state index in [-0.39, 0.29) is 5.56 Å². The fourth-order valence-electron chi connectivity index (χ4n) is 1.74. The molecule has 0 saturated carbocycles. The Kier molecular flexibility index (Phi) is 3.35. The van der Waals surface area contributed by atoms with Crippen LogP contribution in [0.25, 0.3) is 11.1 Å². The molecule has 1 aromatic carbocycles. The number of nitrogens with zero attached hydrogens (tertiary/aromatic N) is 1. The molecule has 0 amide bonds. The summed E-state index contributed by atoms with van der Waals surface area (Å²) in [6, 6.07) is 9.66. The molecule has 0 aliphatic carbocycles. The third-order valence-electron chi connectivity index (χ3n) is 2.63. The van der Waals surface area contributed by atoms with Crippen LogP contribution in [0.2, 0.25) is 0 Å². The first-order valence-corrected chi connectivity index (χ1v) is 5.56. The van der Waals surface area contributed by atoms with Crippen LogP contribution in [-0.2, 0) is 6.42 Å². The number of hydrogen-bond donors (Lipinski definition) is 2. The van der Waals surface area contributed by atoms with E-state index >= 15 is 0 Å². The lowest BCUT2D eigenvalue weighted by molar-refractivity contribution is 0.948. The van der Waals surface area contributed by atoms with E-state index in [1.807, 2.05) is 31.2 Å². The summed E-state index contributed by atoms with van der Waals surface area (Å²) in [6.45, 7) is 2.48. The molecule has 0 aliphatic heterocycles. The molecule has 0 bridgehead atoms. The SMILES string of the molecule is Cc1cc(-c2ccc(CCN)cc2)c(=O)[nH]n1. The maximum atomic E-state index is 11.6. The molecule has 0 radical (unpaired) electrons. The number of rotatable bonds is 3. The molecule has 0 saturated heterocycles. The second kappa shape index (κ2) is 4.93. The Hall–Kier alpha value is -1.94. The first-order chi connectivity index (χ1) is 8.20. The van der Waals surface area contributed by atoms with Gasteiger partial charge in [-0.15, -0.1) is 0 Å². The summed E-state index contributed by atoms with van der Waals surface area (Å²) in [5.74, 6) is 0. The third kappa shape index (κ3) is 2.60. The van der Waals surface area contributed by atoms with E-state index in [4.69, 9.17) is 5.73 Å². The van der Waals surface area contributed by atoms with Crippen LogP contribution >= 0.6 is 0 Å². The van der Waals surface area contributed by atoms with Crippen LogP contribution in [0.1, 0.15) is 11.3 Å². The first-order valence-electron chi connectivity index (χ1n) is 5.56. The van der Waals surface area contributed by atoms with Crippen LogP contribution < -0.4 is 11.3 Å². The highest BCUT2D eigenvalue weighted by Crippen LogP contribution is 2.16. The Labute approximate surface area is 99.5 Å². The predicted octanol–water partition coefficient (Wildman–Crippen LogP) is 1.25. The number of nitrogens with two attached hydrogens (primary N) is 1. The summed E-state index contributed by atoms with van der Waals surface area (Å²) >= 11 is 0. The Morgan fingerprint density at radius 1 is 1.29 bits per heavy atom. The highest BCUT2D eigenvalue weighted by molar-refractivity contribution is 5.62. The molecule has 4 nitrogen and oxygen atoms in total. The van der Waals surface area contributed by atoms with Crippen molar-refractivity contribution in [1.82, 2.24) is 10.2 Å². The zero-order valence-electron chi connectivity index (χ0n) is 9.73. The van der Waals surface area contributed by atoms with Crippen LogP contribution in [0.15, 0.2) is 35.1 Å². The molecular formula is C13H15N3O. The summed E-state index contributed by atoms with van der Waals surface area (Å²) in [6.07, 6.45) is 0.853. The molecule has 4 heteroatoms. The molecule has 0 spiro atoms. The summed E-state index contributed by atoms with van der Waals surface area (Å²) in [7, 11) is 0. The van der Waals surface area contributed by atoms with E-state index in [1.165, 1.54) is 5.56 Å². The molecule has 0 fully saturated rings. The number of aromatic amines is 1. The zero-order valence-corrected chi connectivity index (χ0v) is 9.73. The van der Waals surface area contributed by atoms with Gasteiger partial charge in [-0.05, 0) is 37.1 Å². The third-order valence-corrected chi connectivity index (χ3v) is 2.63. The highest BCUT2D eigenvalue weighted by Gasteiger charge is 2.04. The summed E-state index contributed by atoms with van der Waals surface area (Å²) in [5, 5.41) is 6.34. The largest absolute Gasteiger partial charge is 0.330 e. The van der Waals surface area contributed by atoms with Gasteiger partial charge in [-0.25, -0.2) is 5.10 Å². The van der Waals surface area contributed by atoms with Gasteiger partial charge < -0.3 is 5.73 Å². The van der Waals surface area contributed by atoms with Crippen molar-refractivity contribution in [3.8, 4) is 11.1 Å². The van der Waals surface area contributed by atoms with Crippen molar-refractivity contribution in [2.75, 3.05) is 6.54 Å². The molecule has 2 rings (SSSR count). The number of aryl methyl sites for hydroxylation is 1.